The Kier molecular flexibility index (Phi) is 10.6. The van der Waals surface area contributed by atoms with Gasteiger partial charge in [-0.15, -0.1) is 24.0 Å². The second-order valence-corrected chi connectivity index (χ2v) is 7.93. The van der Waals surface area contributed by atoms with Crippen LogP contribution in [0.15, 0.2) is 23.2 Å². The lowest BCUT2D eigenvalue weighted by Crippen LogP contribution is -2.47. The molecule has 2 fully saturated rings. The van der Waals surface area contributed by atoms with E-state index in [4.69, 9.17) is 14.2 Å². The summed E-state index contributed by atoms with van der Waals surface area (Å²) in [5, 5.41) is 17.2. The summed E-state index contributed by atoms with van der Waals surface area (Å²) in [6.07, 6.45) is 2.74. The molecule has 2 aliphatic rings. The number of rotatable bonds is 9. The summed E-state index contributed by atoms with van der Waals surface area (Å²) < 4.78 is 16.5. The normalized spacial score (nSPS) is 19.5. The van der Waals surface area contributed by atoms with Gasteiger partial charge in [-0.25, -0.2) is 0 Å². The van der Waals surface area contributed by atoms with Crippen molar-refractivity contribution in [2.24, 2.45) is 4.99 Å². The van der Waals surface area contributed by atoms with Gasteiger partial charge >= 0.3 is 0 Å². The zero-order valence-corrected chi connectivity index (χ0v) is 21.2. The molecule has 1 atom stereocenters. The predicted molar refractivity (Wildman–Crippen MR) is 133 cm³/mol. The first-order valence-corrected chi connectivity index (χ1v) is 10.9. The Morgan fingerprint density at radius 1 is 1.19 bits per heavy atom. The van der Waals surface area contributed by atoms with Crippen LogP contribution in [0.25, 0.3) is 0 Å². The number of aliphatic hydroxyl groups is 1. The first kappa shape index (κ1) is 26.0. The molecule has 8 nitrogen and oxygen atoms in total. The molecule has 0 spiro atoms. The number of guanidine groups is 1. The van der Waals surface area contributed by atoms with Gasteiger partial charge in [0.2, 0.25) is 0 Å². The second kappa shape index (κ2) is 12.7. The summed E-state index contributed by atoms with van der Waals surface area (Å²) in [5.74, 6) is 2.18. The van der Waals surface area contributed by atoms with Gasteiger partial charge < -0.3 is 30.0 Å². The lowest BCUT2D eigenvalue weighted by atomic mass is 9.80. The van der Waals surface area contributed by atoms with Crippen molar-refractivity contribution in [2.45, 2.75) is 37.8 Å². The first-order valence-electron chi connectivity index (χ1n) is 10.9. The number of benzene rings is 1. The smallest absolute Gasteiger partial charge is 0.191 e. The molecule has 1 aliphatic carbocycles. The third-order valence-electron chi connectivity index (χ3n) is 5.90. The van der Waals surface area contributed by atoms with Crippen molar-refractivity contribution in [3.8, 4) is 11.5 Å². The van der Waals surface area contributed by atoms with Crippen LogP contribution < -0.4 is 20.1 Å². The van der Waals surface area contributed by atoms with Crippen molar-refractivity contribution in [2.75, 3.05) is 60.2 Å². The third kappa shape index (κ3) is 7.10. The van der Waals surface area contributed by atoms with Crippen molar-refractivity contribution in [1.82, 2.24) is 15.5 Å². The van der Waals surface area contributed by atoms with E-state index in [1.54, 1.807) is 14.2 Å². The van der Waals surface area contributed by atoms with Gasteiger partial charge in [-0.2, -0.15) is 0 Å². The van der Waals surface area contributed by atoms with Crippen LogP contribution in [0.2, 0.25) is 0 Å². The van der Waals surface area contributed by atoms with Gasteiger partial charge in [0.05, 0.1) is 45.6 Å². The fourth-order valence-electron chi connectivity index (χ4n) is 3.91. The summed E-state index contributed by atoms with van der Waals surface area (Å²) >= 11 is 0. The minimum Gasteiger partial charge on any atom is -0.493 e. The van der Waals surface area contributed by atoms with Crippen LogP contribution in [0.4, 0.5) is 0 Å². The topological polar surface area (TPSA) is 87.6 Å². The minimum atomic E-state index is -0.630. The number of halogens is 1. The molecule has 1 aliphatic heterocycles. The van der Waals surface area contributed by atoms with E-state index in [0.717, 1.165) is 75.1 Å². The fraction of sp³-hybridized carbons (Fsp3) is 0.682. The van der Waals surface area contributed by atoms with Gasteiger partial charge in [-0.05, 0) is 43.9 Å². The van der Waals surface area contributed by atoms with E-state index in [1.165, 1.54) is 0 Å². The van der Waals surface area contributed by atoms with Crippen LogP contribution in [0, 0.1) is 0 Å². The highest BCUT2D eigenvalue weighted by molar-refractivity contribution is 14.0. The van der Waals surface area contributed by atoms with Crippen LogP contribution >= 0.6 is 24.0 Å². The molecule has 3 rings (SSSR count). The van der Waals surface area contributed by atoms with Gasteiger partial charge in [0.25, 0.3) is 0 Å². The number of methoxy groups -OCH3 is 2. The molecule has 1 heterocycles. The molecule has 3 N–H and O–H groups in total. The molecule has 0 bridgehead atoms. The van der Waals surface area contributed by atoms with Crippen LogP contribution in [-0.4, -0.2) is 81.7 Å². The highest BCUT2D eigenvalue weighted by Gasteiger charge is 2.34. The Labute approximate surface area is 202 Å². The number of nitrogens with zero attached hydrogens (tertiary/aromatic N) is 2. The Hall–Kier alpha value is -1.30. The van der Waals surface area contributed by atoms with E-state index in [2.05, 4.69) is 26.6 Å². The molecule has 1 unspecified atom stereocenters. The Morgan fingerprint density at radius 2 is 1.90 bits per heavy atom. The molecule has 1 saturated carbocycles. The molecule has 9 heteroatoms. The van der Waals surface area contributed by atoms with Crippen LogP contribution in [-0.2, 0) is 4.74 Å². The van der Waals surface area contributed by atoms with Crippen molar-refractivity contribution >= 4 is 29.9 Å². The zero-order chi connectivity index (χ0) is 21.4. The summed E-state index contributed by atoms with van der Waals surface area (Å²) in [5.41, 5.74) is 0.519. The van der Waals surface area contributed by atoms with Gasteiger partial charge in [0, 0.05) is 26.2 Å². The van der Waals surface area contributed by atoms with E-state index in [-0.39, 0.29) is 30.0 Å². The quantitative estimate of drug-likeness (QED) is 0.248. The summed E-state index contributed by atoms with van der Waals surface area (Å²) in [7, 11) is 3.30. The Morgan fingerprint density at radius 3 is 2.48 bits per heavy atom. The van der Waals surface area contributed by atoms with Gasteiger partial charge in [0.1, 0.15) is 0 Å². The standard InChI is InChI=1S/C22H36N4O4.HI/c1-4-23-21(25-16-22(27)8-5-9-22)24-15-18(26-10-12-30-13-11-26)17-6-7-19(28-2)20(14-17)29-3;/h6-7,14,18,27H,4-5,8-13,15-16H2,1-3H3,(H2,23,24,25);1H. The number of hydrogen-bond acceptors (Lipinski definition) is 6. The first-order chi connectivity index (χ1) is 14.6. The van der Waals surface area contributed by atoms with Crippen molar-refractivity contribution < 1.29 is 19.3 Å². The summed E-state index contributed by atoms with van der Waals surface area (Å²) in [4.78, 5) is 7.05. The van der Waals surface area contributed by atoms with E-state index in [9.17, 15) is 5.11 Å². The number of aliphatic imine (C=N–C) groups is 1. The molecule has 1 saturated heterocycles. The van der Waals surface area contributed by atoms with E-state index >= 15 is 0 Å². The lowest BCUT2D eigenvalue weighted by Gasteiger charge is -2.36. The third-order valence-corrected chi connectivity index (χ3v) is 5.90. The fourth-order valence-corrected chi connectivity index (χ4v) is 3.91. The number of hydrogen-bond donors (Lipinski definition) is 3. The average molecular weight is 548 g/mol. The maximum absolute atomic E-state index is 10.4. The predicted octanol–water partition coefficient (Wildman–Crippen LogP) is 2.17. The van der Waals surface area contributed by atoms with Gasteiger partial charge in [-0.3, -0.25) is 9.89 Å². The van der Waals surface area contributed by atoms with Gasteiger partial charge in [-0.1, -0.05) is 6.07 Å². The highest BCUT2D eigenvalue weighted by Crippen LogP contribution is 2.33. The molecule has 0 amide bonds. The largest absolute Gasteiger partial charge is 0.493 e. The molecule has 1 aromatic rings. The molecule has 0 aromatic heterocycles. The number of ether oxygens (including phenoxy) is 3. The Bertz CT molecular complexity index is 709. The van der Waals surface area contributed by atoms with Crippen LogP contribution in [0.1, 0.15) is 37.8 Å². The van der Waals surface area contributed by atoms with Gasteiger partial charge in [0.15, 0.2) is 17.5 Å². The van der Waals surface area contributed by atoms with E-state index in [1.807, 2.05) is 19.1 Å². The zero-order valence-electron chi connectivity index (χ0n) is 18.9. The summed E-state index contributed by atoms with van der Waals surface area (Å²) in [6.45, 7) is 7.12. The maximum atomic E-state index is 10.4. The van der Waals surface area contributed by atoms with E-state index < -0.39 is 5.60 Å². The molecule has 176 valence electrons. The minimum absolute atomic E-state index is 0. The molecule has 1 aromatic carbocycles. The lowest BCUT2D eigenvalue weighted by molar-refractivity contribution is -0.0236. The van der Waals surface area contributed by atoms with Crippen molar-refractivity contribution in [3.63, 3.8) is 0 Å². The molecule has 0 radical (unpaired) electrons. The monoisotopic (exact) mass is 548 g/mol. The molecular weight excluding hydrogens is 511 g/mol. The second-order valence-electron chi connectivity index (χ2n) is 7.93. The highest BCUT2D eigenvalue weighted by atomic mass is 127. The average Bonchev–Trinajstić information content (AvgIpc) is 2.76. The maximum Gasteiger partial charge on any atom is 0.191 e. The van der Waals surface area contributed by atoms with Crippen LogP contribution in [0.5, 0.6) is 11.5 Å². The number of nitrogens with one attached hydrogen (secondary N) is 2. The Balaban J connectivity index is 0.00000341. The summed E-state index contributed by atoms with van der Waals surface area (Å²) in [6, 6.07) is 6.21. The van der Waals surface area contributed by atoms with Crippen molar-refractivity contribution in [1.29, 1.82) is 0 Å². The SMILES string of the molecule is CCNC(=NCC1(O)CCC1)NCC(c1ccc(OC)c(OC)c1)N1CCOCC1.I. The number of morpholine rings is 1. The van der Waals surface area contributed by atoms with Crippen LogP contribution in [0.3, 0.4) is 0 Å². The van der Waals surface area contributed by atoms with Crippen molar-refractivity contribution in [3.05, 3.63) is 23.8 Å². The molecular formula is C22H37IN4O4. The molecule has 31 heavy (non-hydrogen) atoms. The van der Waals surface area contributed by atoms with E-state index in [0.29, 0.717) is 13.1 Å².